The van der Waals surface area contributed by atoms with Gasteiger partial charge in [0.15, 0.2) is 0 Å². The number of urea groups is 1. The largest absolute Gasteiger partial charge is 0.370 e. The van der Waals surface area contributed by atoms with Gasteiger partial charge in [-0.1, -0.05) is 60.7 Å². The topological polar surface area (TPSA) is 78.7 Å². The van der Waals surface area contributed by atoms with E-state index in [0.29, 0.717) is 13.1 Å². The molecule has 2 aliphatic rings. The first kappa shape index (κ1) is 21.9. The molecule has 0 bridgehead atoms. The summed E-state index contributed by atoms with van der Waals surface area (Å²) < 4.78 is 0. The van der Waals surface area contributed by atoms with Gasteiger partial charge in [-0.2, -0.15) is 0 Å². The molecule has 2 unspecified atom stereocenters. The number of nitrogens with two attached hydrogens (primary N) is 1. The number of para-hydroxylation sites is 1. The number of benzene rings is 2. The van der Waals surface area contributed by atoms with Gasteiger partial charge in [0.05, 0.1) is 12.0 Å². The van der Waals surface area contributed by atoms with Gasteiger partial charge in [0, 0.05) is 31.9 Å². The number of amides is 3. The first-order valence-electron chi connectivity index (χ1n) is 11.5. The average molecular weight is 433 g/mol. The Morgan fingerprint density at radius 3 is 2.56 bits per heavy atom. The number of piperidine rings is 1. The lowest BCUT2D eigenvalue weighted by atomic mass is 9.96. The Labute approximate surface area is 190 Å². The summed E-state index contributed by atoms with van der Waals surface area (Å²) in [6, 6.07) is 18.3. The molecular formula is C26H32N4O2. The fourth-order valence-electron chi connectivity index (χ4n) is 4.70. The van der Waals surface area contributed by atoms with Crippen molar-refractivity contribution in [2.45, 2.75) is 38.3 Å². The normalized spacial score (nSPS) is 21.1. The Morgan fingerprint density at radius 1 is 1.00 bits per heavy atom. The fraction of sp³-hybridized carbons (Fsp3) is 0.385. The molecule has 2 aliphatic heterocycles. The minimum Gasteiger partial charge on any atom is -0.370 e. The van der Waals surface area contributed by atoms with Crippen LogP contribution in [0.3, 0.4) is 0 Å². The summed E-state index contributed by atoms with van der Waals surface area (Å²) in [5, 5.41) is 3.12. The van der Waals surface area contributed by atoms with E-state index in [9.17, 15) is 9.59 Å². The molecule has 2 saturated heterocycles. The molecule has 3 amide bonds. The highest BCUT2D eigenvalue weighted by atomic mass is 16.2. The molecule has 0 saturated carbocycles. The maximum atomic E-state index is 13.0. The number of anilines is 1. The first-order valence-corrected chi connectivity index (χ1v) is 11.5. The Bertz CT molecular complexity index is 959. The number of hydrogen-bond donors (Lipinski definition) is 2. The second kappa shape index (κ2) is 10.4. The summed E-state index contributed by atoms with van der Waals surface area (Å²) in [6.45, 7) is 2.76. The van der Waals surface area contributed by atoms with Crippen molar-refractivity contribution in [3.63, 3.8) is 0 Å². The molecule has 2 aromatic rings. The number of carbonyl (C=O) groups excluding carboxylic acids is 2. The number of carbonyl (C=O) groups is 2. The van der Waals surface area contributed by atoms with E-state index in [1.54, 1.807) is 0 Å². The van der Waals surface area contributed by atoms with Gasteiger partial charge < -0.3 is 20.9 Å². The summed E-state index contributed by atoms with van der Waals surface area (Å²) in [5.74, 6) is -0.350. The zero-order valence-corrected chi connectivity index (χ0v) is 18.5. The van der Waals surface area contributed by atoms with E-state index >= 15 is 0 Å². The molecule has 2 aromatic carbocycles. The molecule has 2 atom stereocenters. The predicted molar refractivity (Wildman–Crippen MR) is 128 cm³/mol. The lowest BCUT2D eigenvalue weighted by Crippen LogP contribution is -2.43. The first-order chi connectivity index (χ1) is 15.6. The van der Waals surface area contributed by atoms with Crippen LogP contribution >= 0.6 is 0 Å². The van der Waals surface area contributed by atoms with Crippen molar-refractivity contribution < 1.29 is 9.59 Å². The molecule has 32 heavy (non-hydrogen) atoms. The molecule has 0 aliphatic carbocycles. The Kier molecular flexibility index (Phi) is 7.10. The lowest BCUT2D eigenvalue weighted by molar-refractivity contribution is -0.122. The van der Waals surface area contributed by atoms with Crippen molar-refractivity contribution in [1.82, 2.24) is 10.2 Å². The van der Waals surface area contributed by atoms with Crippen LogP contribution in [0.25, 0.3) is 6.08 Å². The van der Waals surface area contributed by atoms with Crippen molar-refractivity contribution in [1.29, 1.82) is 0 Å². The van der Waals surface area contributed by atoms with Crippen LogP contribution in [0.4, 0.5) is 10.5 Å². The third-order valence-corrected chi connectivity index (χ3v) is 6.46. The summed E-state index contributed by atoms with van der Waals surface area (Å²) >= 11 is 0. The second-order valence-electron chi connectivity index (χ2n) is 8.65. The monoisotopic (exact) mass is 432 g/mol. The molecule has 0 spiro atoms. The Hall–Kier alpha value is -3.28. The molecule has 0 aromatic heterocycles. The van der Waals surface area contributed by atoms with E-state index in [4.69, 9.17) is 5.73 Å². The molecule has 2 heterocycles. The van der Waals surface area contributed by atoms with Crippen LogP contribution in [0, 0.1) is 5.92 Å². The minimum absolute atomic E-state index is 0.0336. The second-order valence-corrected chi connectivity index (χ2v) is 8.65. The van der Waals surface area contributed by atoms with Crippen molar-refractivity contribution in [3.8, 4) is 0 Å². The van der Waals surface area contributed by atoms with Gasteiger partial charge in [-0.05, 0) is 42.9 Å². The average Bonchev–Trinajstić information content (AvgIpc) is 3.31. The van der Waals surface area contributed by atoms with E-state index in [0.717, 1.165) is 55.6 Å². The SMILES string of the molecule is NC(=O)C1CCCN(c2ccccc2CNC(=O)N2CCCC2/C=C/c2ccccc2)C1. The molecule has 4 rings (SSSR count). The summed E-state index contributed by atoms with van der Waals surface area (Å²) in [6.07, 6.45) is 8.01. The predicted octanol–water partition coefficient (Wildman–Crippen LogP) is 3.78. The van der Waals surface area contributed by atoms with Gasteiger partial charge in [0.2, 0.25) is 5.91 Å². The molecule has 6 heteroatoms. The Morgan fingerprint density at radius 2 is 1.75 bits per heavy atom. The number of likely N-dealkylation sites (tertiary alicyclic amines) is 1. The van der Waals surface area contributed by atoms with Gasteiger partial charge in [0.25, 0.3) is 0 Å². The zero-order chi connectivity index (χ0) is 22.3. The maximum Gasteiger partial charge on any atom is 0.318 e. The quantitative estimate of drug-likeness (QED) is 0.729. The van der Waals surface area contributed by atoms with Gasteiger partial charge in [-0.25, -0.2) is 4.79 Å². The van der Waals surface area contributed by atoms with Crippen LogP contribution in [0.1, 0.15) is 36.8 Å². The van der Waals surface area contributed by atoms with Gasteiger partial charge in [-0.15, -0.1) is 0 Å². The standard InChI is InChI=1S/C26H32N4O2/c27-25(31)22-11-6-16-29(19-22)24-13-5-4-10-21(24)18-28-26(32)30-17-7-12-23(30)15-14-20-8-2-1-3-9-20/h1-5,8-10,13-15,22-23H,6-7,11-12,16-19H2,(H2,27,31)(H,28,32)/b15-14+. The highest BCUT2D eigenvalue weighted by molar-refractivity contribution is 5.78. The van der Waals surface area contributed by atoms with E-state index < -0.39 is 0 Å². The van der Waals surface area contributed by atoms with E-state index in [-0.39, 0.29) is 23.9 Å². The van der Waals surface area contributed by atoms with E-state index in [1.807, 2.05) is 41.3 Å². The lowest BCUT2D eigenvalue weighted by Gasteiger charge is -2.34. The third-order valence-electron chi connectivity index (χ3n) is 6.46. The molecule has 2 fully saturated rings. The summed E-state index contributed by atoms with van der Waals surface area (Å²) in [7, 11) is 0. The van der Waals surface area contributed by atoms with E-state index in [1.165, 1.54) is 0 Å². The molecule has 3 N–H and O–H groups in total. The number of rotatable bonds is 6. The number of nitrogens with zero attached hydrogens (tertiary/aromatic N) is 2. The highest BCUT2D eigenvalue weighted by Gasteiger charge is 2.28. The van der Waals surface area contributed by atoms with Crippen LogP contribution in [0.15, 0.2) is 60.7 Å². The fourth-order valence-corrected chi connectivity index (χ4v) is 4.70. The number of primary amides is 1. The Balaban J connectivity index is 1.39. The number of nitrogens with one attached hydrogen (secondary N) is 1. The molecular weight excluding hydrogens is 400 g/mol. The molecule has 6 nitrogen and oxygen atoms in total. The number of hydrogen-bond acceptors (Lipinski definition) is 3. The van der Waals surface area contributed by atoms with Crippen LogP contribution < -0.4 is 16.0 Å². The van der Waals surface area contributed by atoms with Crippen LogP contribution in [0.2, 0.25) is 0 Å². The van der Waals surface area contributed by atoms with Crippen LogP contribution in [0.5, 0.6) is 0 Å². The van der Waals surface area contributed by atoms with Gasteiger partial charge >= 0.3 is 6.03 Å². The molecule has 0 radical (unpaired) electrons. The van der Waals surface area contributed by atoms with Gasteiger partial charge in [-0.3, -0.25) is 4.79 Å². The van der Waals surface area contributed by atoms with Crippen molar-refractivity contribution in [2.75, 3.05) is 24.5 Å². The third kappa shape index (κ3) is 5.31. The van der Waals surface area contributed by atoms with Gasteiger partial charge in [0.1, 0.15) is 0 Å². The van der Waals surface area contributed by atoms with Crippen molar-refractivity contribution in [3.05, 3.63) is 71.8 Å². The van der Waals surface area contributed by atoms with Crippen LogP contribution in [-0.4, -0.2) is 42.5 Å². The minimum atomic E-state index is -0.232. The maximum absolute atomic E-state index is 13.0. The van der Waals surface area contributed by atoms with Crippen molar-refractivity contribution in [2.24, 2.45) is 11.7 Å². The van der Waals surface area contributed by atoms with Crippen LogP contribution in [-0.2, 0) is 11.3 Å². The summed E-state index contributed by atoms with van der Waals surface area (Å²) in [4.78, 5) is 28.8. The van der Waals surface area contributed by atoms with E-state index in [2.05, 4.69) is 40.6 Å². The molecule has 168 valence electrons. The zero-order valence-electron chi connectivity index (χ0n) is 18.5. The van der Waals surface area contributed by atoms with Crippen molar-refractivity contribution >= 4 is 23.7 Å². The highest BCUT2D eigenvalue weighted by Crippen LogP contribution is 2.27. The smallest absolute Gasteiger partial charge is 0.318 e. The summed E-state index contributed by atoms with van der Waals surface area (Å²) in [5.41, 5.74) is 8.82.